The average molecular weight is 251 g/mol. The SMILES string of the molecule is N#Cc1cc(Br)c2c(c1)C(N)CCC2. The van der Waals surface area contributed by atoms with Gasteiger partial charge in [0.15, 0.2) is 0 Å². The molecule has 3 heteroatoms. The maximum atomic E-state index is 8.84. The summed E-state index contributed by atoms with van der Waals surface area (Å²) in [6, 6.07) is 6.05. The highest BCUT2D eigenvalue weighted by Gasteiger charge is 2.19. The second kappa shape index (κ2) is 3.72. The zero-order chi connectivity index (χ0) is 10.1. The van der Waals surface area contributed by atoms with Gasteiger partial charge in [0.05, 0.1) is 11.6 Å². The molecule has 0 bridgehead atoms. The molecule has 2 nitrogen and oxygen atoms in total. The number of hydrogen-bond donors (Lipinski definition) is 1. The van der Waals surface area contributed by atoms with Gasteiger partial charge in [-0.1, -0.05) is 15.9 Å². The number of halogens is 1. The molecule has 0 aromatic heterocycles. The molecule has 0 saturated carbocycles. The molecule has 1 aliphatic rings. The number of nitriles is 1. The van der Waals surface area contributed by atoms with Gasteiger partial charge < -0.3 is 5.73 Å². The predicted octanol–water partition coefficient (Wildman–Crippen LogP) is 2.66. The van der Waals surface area contributed by atoms with Gasteiger partial charge in [0.2, 0.25) is 0 Å². The second-order valence-corrected chi connectivity index (χ2v) is 4.49. The lowest BCUT2D eigenvalue weighted by molar-refractivity contribution is 0.569. The van der Waals surface area contributed by atoms with Crippen LogP contribution in [0.25, 0.3) is 0 Å². The molecule has 2 N–H and O–H groups in total. The van der Waals surface area contributed by atoms with Crippen molar-refractivity contribution in [2.24, 2.45) is 5.73 Å². The summed E-state index contributed by atoms with van der Waals surface area (Å²) < 4.78 is 1.03. The van der Waals surface area contributed by atoms with Crippen molar-refractivity contribution in [2.45, 2.75) is 25.3 Å². The van der Waals surface area contributed by atoms with Gasteiger partial charge in [-0.05, 0) is 42.5 Å². The number of benzene rings is 1. The fourth-order valence-electron chi connectivity index (χ4n) is 1.97. The summed E-state index contributed by atoms with van der Waals surface area (Å²) in [5.74, 6) is 0. The molecule has 0 fully saturated rings. The average Bonchev–Trinajstić information content (AvgIpc) is 2.19. The second-order valence-electron chi connectivity index (χ2n) is 3.64. The third-order valence-electron chi connectivity index (χ3n) is 2.70. The predicted molar refractivity (Wildman–Crippen MR) is 58.7 cm³/mol. The Hall–Kier alpha value is -0.850. The smallest absolute Gasteiger partial charge is 0.0992 e. The summed E-state index contributed by atoms with van der Waals surface area (Å²) in [7, 11) is 0. The number of rotatable bonds is 0. The first-order valence-electron chi connectivity index (χ1n) is 4.70. The molecule has 0 saturated heterocycles. The van der Waals surface area contributed by atoms with E-state index in [4.69, 9.17) is 11.0 Å². The summed E-state index contributed by atoms with van der Waals surface area (Å²) in [5, 5.41) is 8.84. The van der Waals surface area contributed by atoms with Gasteiger partial charge in [0.25, 0.3) is 0 Å². The number of hydrogen-bond acceptors (Lipinski definition) is 2. The first-order chi connectivity index (χ1) is 6.72. The lowest BCUT2D eigenvalue weighted by Crippen LogP contribution is -2.17. The lowest BCUT2D eigenvalue weighted by Gasteiger charge is -2.23. The van der Waals surface area contributed by atoms with Crippen molar-refractivity contribution in [2.75, 3.05) is 0 Å². The molecule has 1 unspecified atom stereocenters. The maximum Gasteiger partial charge on any atom is 0.0992 e. The topological polar surface area (TPSA) is 49.8 Å². The fourth-order valence-corrected chi connectivity index (χ4v) is 2.65. The normalized spacial score (nSPS) is 19.9. The van der Waals surface area contributed by atoms with Gasteiger partial charge in [-0.2, -0.15) is 5.26 Å². The van der Waals surface area contributed by atoms with E-state index in [1.807, 2.05) is 12.1 Å². The number of fused-ring (bicyclic) bond motifs is 1. The maximum absolute atomic E-state index is 8.84. The van der Waals surface area contributed by atoms with Gasteiger partial charge in [0.1, 0.15) is 0 Å². The summed E-state index contributed by atoms with van der Waals surface area (Å²) in [4.78, 5) is 0. The molecule has 72 valence electrons. The molecule has 1 aromatic carbocycles. The third-order valence-corrected chi connectivity index (χ3v) is 3.41. The van der Waals surface area contributed by atoms with Crippen LogP contribution in [-0.4, -0.2) is 0 Å². The van der Waals surface area contributed by atoms with Crippen molar-refractivity contribution in [1.82, 2.24) is 0 Å². The van der Waals surface area contributed by atoms with Crippen LogP contribution in [0.5, 0.6) is 0 Å². The van der Waals surface area contributed by atoms with Crippen molar-refractivity contribution in [3.63, 3.8) is 0 Å². The number of nitrogens with zero attached hydrogens (tertiary/aromatic N) is 1. The van der Waals surface area contributed by atoms with Gasteiger partial charge in [-0.25, -0.2) is 0 Å². The summed E-state index contributed by atoms with van der Waals surface area (Å²) in [6.45, 7) is 0. The monoisotopic (exact) mass is 250 g/mol. The minimum Gasteiger partial charge on any atom is -0.324 e. The largest absolute Gasteiger partial charge is 0.324 e. The van der Waals surface area contributed by atoms with E-state index >= 15 is 0 Å². The Bertz CT molecular complexity index is 406. The molecule has 1 atom stereocenters. The molecule has 0 heterocycles. The first-order valence-corrected chi connectivity index (χ1v) is 5.49. The molecule has 2 rings (SSSR count). The van der Waals surface area contributed by atoms with Crippen LogP contribution in [0.1, 0.15) is 35.6 Å². The van der Waals surface area contributed by atoms with Crippen LogP contribution in [0.4, 0.5) is 0 Å². The van der Waals surface area contributed by atoms with E-state index in [1.165, 1.54) is 5.56 Å². The molecular weight excluding hydrogens is 240 g/mol. The molecule has 1 aromatic rings. The highest BCUT2D eigenvalue weighted by molar-refractivity contribution is 9.10. The summed E-state index contributed by atoms with van der Waals surface area (Å²) in [5.41, 5.74) is 9.12. The Morgan fingerprint density at radius 3 is 3.00 bits per heavy atom. The third kappa shape index (κ3) is 1.56. The highest BCUT2D eigenvalue weighted by Crippen LogP contribution is 2.33. The van der Waals surface area contributed by atoms with E-state index in [9.17, 15) is 0 Å². The van der Waals surface area contributed by atoms with E-state index in [1.54, 1.807) is 0 Å². The fraction of sp³-hybridized carbons (Fsp3) is 0.364. The van der Waals surface area contributed by atoms with Crippen LogP contribution in [0, 0.1) is 11.3 Å². The molecule has 1 aliphatic carbocycles. The lowest BCUT2D eigenvalue weighted by atomic mass is 9.87. The van der Waals surface area contributed by atoms with E-state index in [-0.39, 0.29) is 6.04 Å². The quantitative estimate of drug-likeness (QED) is 0.770. The van der Waals surface area contributed by atoms with E-state index in [2.05, 4.69) is 22.0 Å². The zero-order valence-electron chi connectivity index (χ0n) is 7.76. The Balaban J connectivity index is 2.58. The molecule has 0 radical (unpaired) electrons. The van der Waals surface area contributed by atoms with Gasteiger partial charge in [-0.15, -0.1) is 0 Å². The van der Waals surface area contributed by atoms with Gasteiger partial charge in [0, 0.05) is 10.5 Å². The van der Waals surface area contributed by atoms with Crippen molar-refractivity contribution < 1.29 is 0 Å². The Morgan fingerprint density at radius 1 is 1.50 bits per heavy atom. The molecular formula is C11H11BrN2. The van der Waals surface area contributed by atoms with Crippen molar-refractivity contribution in [1.29, 1.82) is 5.26 Å². The van der Waals surface area contributed by atoms with Gasteiger partial charge >= 0.3 is 0 Å². The summed E-state index contributed by atoms with van der Waals surface area (Å²) >= 11 is 3.49. The van der Waals surface area contributed by atoms with Crippen molar-refractivity contribution >= 4 is 15.9 Å². The first kappa shape index (κ1) is 9.70. The molecule has 0 spiro atoms. The highest BCUT2D eigenvalue weighted by atomic mass is 79.9. The van der Waals surface area contributed by atoms with E-state index in [0.29, 0.717) is 5.56 Å². The van der Waals surface area contributed by atoms with Crippen LogP contribution in [0.2, 0.25) is 0 Å². The minimum atomic E-state index is 0.100. The van der Waals surface area contributed by atoms with E-state index < -0.39 is 0 Å². The Labute approximate surface area is 91.9 Å². The van der Waals surface area contributed by atoms with E-state index in [0.717, 1.165) is 29.3 Å². The van der Waals surface area contributed by atoms with Crippen LogP contribution in [0.15, 0.2) is 16.6 Å². The molecule has 0 aliphatic heterocycles. The zero-order valence-corrected chi connectivity index (χ0v) is 9.34. The summed E-state index contributed by atoms with van der Waals surface area (Å²) in [6.07, 6.45) is 3.22. The van der Waals surface area contributed by atoms with Crippen LogP contribution < -0.4 is 5.73 Å². The molecule has 14 heavy (non-hydrogen) atoms. The standard InChI is InChI=1S/C11H11BrN2/c12-10-5-7(6-13)4-9-8(10)2-1-3-11(9)14/h4-5,11H,1-3,14H2. The number of nitrogens with two attached hydrogens (primary N) is 1. The van der Waals surface area contributed by atoms with Crippen LogP contribution in [-0.2, 0) is 6.42 Å². The van der Waals surface area contributed by atoms with Gasteiger partial charge in [-0.3, -0.25) is 0 Å². The van der Waals surface area contributed by atoms with Crippen LogP contribution in [0.3, 0.4) is 0 Å². The Morgan fingerprint density at radius 2 is 2.29 bits per heavy atom. The van der Waals surface area contributed by atoms with Crippen molar-refractivity contribution in [3.8, 4) is 6.07 Å². The minimum absolute atomic E-state index is 0.100. The van der Waals surface area contributed by atoms with Crippen molar-refractivity contribution in [3.05, 3.63) is 33.3 Å². The Kier molecular flexibility index (Phi) is 2.58. The molecule has 0 amide bonds. The van der Waals surface area contributed by atoms with Crippen LogP contribution >= 0.6 is 15.9 Å².